The monoisotopic (exact) mass is 460 g/mol. The van der Waals surface area contributed by atoms with Gasteiger partial charge in [0.15, 0.2) is 0 Å². The second kappa shape index (κ2) is 7.92. The van der Waals surface area contributed by atoms with Crippen LogP contribution < -0.4 is 10.2 Å². The highest BCUT2D eigenvalue weighted by molar-refractivity contribution is 9.10. The minimum Gasteiger partial charge on any atom is -0.350 e. The quantitative estimate of drug-likeness (QED) is 0.502. The van der Waals surface area contributed by atoms with E-state index in [2.05, 4.69) is 21.2 Å². The molecule has 1 aliphatic rings. The predicted octanol–water partition coefficient (Wildman–Crippen LogP) is 5.77. The van der Waals surface area contributed by atoms with Gasteiger partial charge in [-0.05, 0) is 67.8 Å². The zero-order chi connectivity index (χ0) is 21.4. The van der Waals surface area contributed by atoms with Gasteiger partial charge >= 0.3 is 0 Å². The van der Waals surface area contributed by atoms with Crippen LogP contribution in [0.2, 0.25) is 0 Å². The standard InChI is InChI=1S/C25H21BrN2O2/c1-15-7-10-18(11-8-15)22-23(27-20-6-4-5-19(26)14-20)25(30)28(24(22)29)21-12-9-16(2)17(3)13-21/h4-14,27H,1-3H3. The lowest BCUT2D eigenvalue weighted by Gasteiger charge is -2.17. The summed E-state index contributed by atoms with van der Waals surface area (Å²) in [5, 5.41) is 3.19. The fourth-order valence-corrected chi connectivity index (χ4v) is 3.84. The lowest BCUT2D eigenvalue weighted by atomic mass is 10.0. The van der Waals surface area contributed by atoms with Gasteiger partial charge < -0.3 is 5.32 Å². The zero-order valence-corrected chi connectivity index (χ0v) is 18.6. The van der Waals surface area contributed by atoms with Crippen molar-refractivity contribution in [2.24, 2.45) is 0 Å². The van der Waals surface area contributed by atoms with E-state index in [0.717, 1.165) is 26.9 Å². The van der Waals surface area contributed by atoms with Crippen LogP contribution in [0.1, 0.15) is 22.3 Å². The molecular weight excluding hydrogens is 440 g/mol. The third kappa shape index (κ3) is 3.68. The van der Waals surface area contributed by atoms with Gasteiger partial charge in [0.2, 0.25) is 0 Å². The molecule has 2 amide bonds. The molecule has 3 aromatic rings. The van der Waals surface area contributed by atoms with Crippen LogP contribution in [-0.2, 0) is 9.59 Å². The number of nitrogens with zero attached hydrogens (tertiary/aromatic N) is 1. The number of amides is 2. The van der Waals surface area contributed by atoms with Gasteiger partial charge in [-0.15, -0.1) is 0 Å². The second-order valence-electron chi connectivity index (χ2n) is 7.47. The van der Waals surface area contributed by atoms with Crippen LogP contribution >= 0.6 is 15.9 Å². The molecule has 4 nitrogen and oxygen atoms in total. The molecule has 0 unspecified atom stereocenters. The minimum atomic E-state index is -0.362. The number of anilines is 2. The normalized spacial score (nSPS) is 13.9. The molecule has 0 spiro atoms. The molecule has 0 radical (unpaired) electrons. The molecule has 1 aliphatic heterocycles. The Morgan fingerprint density at radius 1 is 0.800 bits per heavy atom. The van der Waals surface area contributed by atoms with Crippen molar-refractivity contribution in [2.45, 2.75) is 20.8 Å². The minimum absolute atomic E-state index is 0.278. The molecule has 4 rings (SSSR count). The van der Waals surface area contributed by atoms with E-state index in [1.807, 2.05) is 87.5 Å². The Hall–Kier alpha value is -3.18. The van der Waals surface area contributed by atoms with E-state index in [9.17, 15) is 9.59 Å². The highest BCUT2D eigenvalue weighted by Gasteiger charge is 2.40. The Bertz CT molecular complexity index is 1200. The van der Waals surface area contributed by atoms with Gasteiger partial charge in [-0.3, -0.25) is 9.59 Å². The maximum atomic E-state index is 13.5. The summed E-state index contributed by atoms with van der Waals surface area (Å²) >= 11 is 3.45. The molecule has 0 atom stereocenters. The molecule has 0 fully saturated rings. The third-order valence-electron chi connectivity index (χ3n) is 5.27. The van der Waals surface area contributed by atoms with Crippen LogP contribution in [0.15, 0.2) is 76.9 Å². The van der Waals surface area contributed by atoms with Crippen molar-refractivity contribution < 1.29 is 9.59 Å². The largest absolute Gasteiger partial charge is 0.350 e. The Balaban J connectivity index is 1.83. The molecule has 0 saturated heterocycles. The van der Waals surface area contributed by atoms with Gasteiger partial charge in [-0.25, -0.2) is 4.90 Å². The Morgan fingerprint density at radius 2 is 1.53 bits per heavy atom. The summed E-state index contributed by atoms with van der Waals surface area (Å²) in [5.41, 5.74) is 5.89. The number of nitrogens with one attached hydrogen (secondary N) is 1. The topological polar surface area (TPSA) is 49.4 Å². The highest BCUT2D eigenvalue weighted by atomic mass is 79.9. The molecule has 0 saturated carbocycles. The van der Waals surface area contributed by atoms with Crippen molar-refractivity contribution in [3.05, 3.63) is 99.2 Å². The van der Waals surface area contributed by atoms with Crippen molar-refractivity contribution in [3.8, 4) is 0 Å². The molecular formula is C25H21BrN2O2. The Morgan fingerprint density at radius 3 is 2.20 bits per heavy atom. The van der Waals surface area contributed by atoms with Crippen LogP contribution in [0.4, 0.5) is 11.4 Å². The van der Waals surface area contributed by atoms with E-state index in [1.54, 1.807) is 0 Å². The SMILES string of the molecule is Cc1ccc(C2=C(Nc3cccc(Br)c3)C(=O)N(c3ccc(C)c(C)c3)C2=O)cc1. The van der Waals surface area contributed by atoms with Gasteiger partial charge in [0.1, 0.15) is 5.70 Å². The van der Waals surface area contributed by atoms with Crippen LogP contribution in [0.3, 0.4) is 0 Å². The Kier molecular flexibility index (Phi) is 5.31. The predicted molar refractivity (Wildman–Crippen MR) is 124 cm³/mol. The van der Waals surface area contributed by atoms with Crippen LogP contribution in [-0.4, -0.2) is 11.8 Å². The molecule has 1 N–H and O–H groups in total. The maximum absolute atomic E-state index is 13.5. The first-order valence-electron chi connectivity index (χ1n) is 9.65. The maximum Gasteiger partial charge on any atom is 0.282 e. The lowest BCUT2D eigenvalue weighted by molar-refractivity contribution is -0.120. The van der Waals surface area contributed by atoms with E-state index < -0.39 is 0 Å². The Labute approximate surface area is 184 Å². The number of hydrogen-bond donors (Lipinski definition) is 1. The van der Waals surface area contributed by atoms with Gasteiger partial charge in [0.25, 0.3) is 11.8 Å². The van der Waals surface area contributed by atoms with Gasteiger partial charge in [0, 0.05) is 10.2 Å². The summed E-state index contributed by atoms with van der Waals surface area (Å²) in [5.74, 6) is -0.691. The summed E-state index contributed by atoms with van der Waals surface area (Å²) in [4.78, 5) is 28.1. The van der Waals surface area contributed by atoms with E-state index in [0.29, 0.717) is 16.8 Å². The first-order chi connectivity index (χ1) is 14.3. The number of benzene rings is 3. The van der Waals surface area contributed by atoms with Crippen molar-refractivity contribution in [1.82, 2.24) is 0 Å². The number of carbonyl (C=O) groups is 2. The number of rotatable bonds is 4. The molecule has 150 valence electrons. The highest BCUT2D eigenvalue weighted by Crippen LogP contribution is 2.34. The van der Waals surface area contributed by atoms with Crippen molar-refractivity contribution >= 4 is 44.7 Å². The fourth-order valence-electron chi connectivity index (χ4n) is 3.44. The average Bonchev–Trinajstić information content (AvgIpc) is 2.95. The number of aryl methyl sites for hydroxylation is 3. The third-order valence-corrected chi connectivity index (χ3v) is 5.76. The number of carbonyl (C=O) groups excluding carboxylic acids is 2. The summed E-state index contributed by atoms with van der Waals surface area (Å²) in [6, 6.07) is 20.8. The zero-order valence-electron chi connectivity index (χ0n) is 17.0. The molecule has 0 aromatic heterocycles. The van der Waals surface area contributed by atoms with Gasteiger partial charge in [-0.1, -0.05) is 57.9 Å². The number of hydrogen-bond acceptors (Lipinski definition) is 3. The van der Waals surface area contributed by atoms with Crippen molar-refractivity contribution in [2.75, 3.05) is 10.2 Å². The molecule has 3 aromatic carbocycles. The molecule has 0 aliphatic carbocycles. The van der Waals surface area contributed by atoms with Crippen LogP contribution in [0.25, 0.3) is 5.57 Å². The van der Waals surface area contributed by atoms with Gasteiger partial charge in [-0.2, -0.15) is 0 Å². The fraction of sp³-hybridized carbons (Fsp3) is 0.120. The van der Waals surface area contributed by atoms with E-state index in [1.165, 1.54) is 4.90 Å². The average molecular weight is 461 g/mol. The smallest absolute Gasteiger partial charge is 0.282 e. The first kappa shape index (κ1) is 20.1. The van der Waals surface area contributed by atoms with E-state index in [4.69, 9.17) is 0 Å². The van der Waals surface area contributed by atoms with Crippen molar-refractivity contribution in [3.63, 3.8) is 0 Å². The van der Waals surface area contributed by atoms with Gasteiger partial charge in [0.05, 0.1) is 11.3 Å². The molecule has 5 heteroatoms. The van der Waals surface area contributed by atoms with Crippen molar-refractivity contribution in [1.29, 1.82) is 0 Å². The number of halogens is 1. The summed E-state index contributed by atoms with van der Waals surface area (Å²) in [6.45, 7) is 5.96. The molecule has 1 heterocycles. The lowest BCUT2D eigenvalue weighted by Crippen LogP contribution is -2.32. The first-order valence-corrected chi connectivity index (χ1v) is 10.4. The van der Waals surface area contributed by atoms with E-state index >= 15 is 0 Å². The number of imide groups is 1. The summed E-state index contributed by atoms with van der Waals surface area (Å²) in [6.07, 6.45) is 0. The summed E-state index contributed by atoms with van der Waals surface area (Å²) < 4.78 is 0.882. The summed E-state index contributed by atoms with van der Waals surface area (Å²) in [7, 11) is 0. The van der Waals surface area contributed by atoms with Crippen LogP contribution in [0.5, 0.6) is 0 Å². The molecule has 0 bridgehead atoms. The molecule has 30 heavy (non-hydrogen) atoms. The van der Waals surface area contributed by atoms with Crippen LogP contribution in [0, 0.1) is 20.8 Å². The second-order valence-corrected chi connectivity index (χ2v) is 8.38. The van der Waals surface area contributed by atoms with E-state index in [-0.39, 0.29) is 17.5 Å².